The van der Waals surface area contributed by atoms with Crippen LogP contribution in [0.2, 0.25) is 0 Å². The monoisotopic (exact) mass is 371 g/mol. The van der Waals surface area contributed by atoms with Crippen LogP contribution in [0.15, 0.2) is 30.3 Å². The summed E-state index contributed by atoms with van der Waals surface area (Å²) in [5.41, 5.74) is 3.69. The van der Waals surface area contributed by atoms with Crippen molar-refractivity contribution < 1.29 is 14.6 Å². The first-order chi connectivity index (χ1) is 13.1. The number of aliphatic hydroxyl groups is 1. The van der Waals surface area contributed by atoms with E-state index in [9.17, 15) is 4.79 Å². The molecule has 0 spiro atoms. The molecule has 1 fully saturated rings. The van der Waals surface area contributed by atoms with Crippen LogP contribution in [0, 0.1) is 12.8 Å². The number of hydrogen-bond acceptors (Lipinski definition) is 4. The molecule has 1 N–H and O–H groups in total. The van der Waals surface area contributed by atoms with Gasteiger partial charge in [0.1, 0.15) is 5.69 Å². The average molecular weight is 371 g/mol. The minimum atomic E-state index is 0.0604. The fourth-order valence-corrected chi connectivity index (χ4v) is 3.64. The van der Waals surface area contributed by atoms with E-state index in [-0.39, 0.29) is 12.5 Å². The number of likely N-dealkylation sites (tertiary alicyclic amines) is 1. The summed E-state index contributed by atoms with van der Waals surface area (Å²) in [5.74, 6) is 0.528. The number of carbonyl (C=O) groups is 1. The second-order valence-corrected chi connectivity index (χ2v) is 7.18. The molecule has 0 saturated carbocycles. The van der Waals surface area contributed by atoms with E-state index in [1.165, 1.54) is 5.56 Å². The summed E-state index contributed by atoms with van der Waals surface area (Å²) < 4.78 is 7.18. The van der Waals surface area contributed by atoms with E-state index >= 15 is 0 Å². The first kappa shape index (κ1) is 19.6. The molecule has 0 bridgehead atoms. The van der Waals surface area contributed by atoms with Crippen LogP contribution in [0.3, 0.4) is 0 Å². The van der Waals surface area contributed by atoms with E-state index in [1.807, 2.05) is 36.9 Å². The first-order valence-corrected chi connectivity index (χ1v) is 9.70. The van der Waals surface area contributed by atoms with E-state index in [0.29, 0.717) is 31.4 Å². The number of amides is 1. The molecule has 6 heteroatoms. The van der Waals surface area contributed by atoms with Crippen LogP contribution in [0.1, 0.15) is 40.7 Å². The van der Waals surface area contributed by atoms with E-state index < -0.39 is 0 Å². The molecule has 1 aliphatic rings. The van der Waals surface area contributed by atoms with Gasteiger partial charge in [0.15, 0.2) is 0 Å². The Hall–Kier alpha value is -2.18. The maximum atomic E-state index is 13.0. The Bertz CT molecular complexity index is 755. The van der Waals surface area contributed by atoms with Gasteiger partial charge in [0.05, 0.1) is 25.5 Å². The summed E-state index contributed by atoms with van der Waals surface area (Å²) in [5, 5.41) is 13.6. The molecular weight excluding hydrogens is 342 g/mol. The van der Waals surface area contributed by atoms with E-state index in [4.69, 9.17) is 9.84 Å². The predicted octanol–water partition coefficient (Wildman–Crippen LogP) is 2.43. The molecule has 2 heterocycles. The van der Waals surface area contributed by atoms with Gasteiger partial charge in [0.2, 0.25) is 0 Å². The van der Waals surface area contributed by atoms with Crippen LogP contribution in [-0.4, -0.2) is 52.0 Å². The van der Waals surface area contributed by atoms with Gasteiger partial charge in [0, 0.05) is 19.7 Å². The Kier molecular flexibility index (Phi) is 6.63. The molecular formula is C21H29N3O3. The van der Waals surface area contributed by atoms with Crippen molar-refractivity contribution in [2.24, 2.45) is 5.92 Å². The van der Waals surface area contributed by atoms with Crippen molar-refractivity contribution >= 4 is 5.91 Å². The largest absolute Gasteiger partial charge is 0.392 e. The maximum absolute atomic E-state index is 13.0. The quantitative estimate of drug-likeness (QED) is 0.724. The van der Waals surface area contributed by atoms with E-state index in [1.54, 1.807) is 4.68 Å². The molecule has 1 aromatic heterocycles. The number of ether oxygens (including phenoxy) is 1. The number of nitrogens with zero attached hydrogens (tertiary/aromatic N) is 3. The van der Waals surface area contributed by atoms with Crippen molar-refractivity contribution in [3.63, 3.8) is 0 Å². The summed E-state index contributed by atoms with van der Waals surface area (Å²) in [6.45, 7) is 7.32. The molecule has 1 amide bonds. The maximum Gasteiger partial charge on any atom is 0.272 e. The van der Waals surface area contributed by atoms with Crippen LogP contribution in [-0.2, 0) is 24.3 Å². The van der Waals surface area contributed by atoms with Gasteiger partial charge in [-0.1, -0.05) is 24.3 Å². The second-order valence-electron chi connectivity index (χ2n) is 7.18. The Morgan fingerprint density at radius 1 is 1.30 bits per heavy atom. The summed E-state index contributed by atoms with van der Waals surface area (Å²) in [7, 11) is 0. The third-order valence-corrected chi connectivity index (χ3v) is 5.08. The number of aromatic nitrogens is 2. The highest BCUT2D eigenvalue weighted by Gasteiger charge is 2.29. The van der Waals surface area contributed by atoms with Gasteiger partial charge in [-0.2, -0.15) is 5.10 Å². The molecule has 3 rings (SSSR count). The number of carbonyl (C=O) groups excluding carboxylic acids is 1. The molecule has 0 unspecified atom stereocenters. The lowest BCUT2D eigenvalue weighted by Gasteiger charge is -2.17. The molecule has 1 atom stereocenters. The summed E-state index contributed by atoms with van der Waals surface area (Å²) in [4.78, 5) is 14.9. The van der Waals surface area contributed by atoms with Crippen molar-refractivity contribution in [2.45, 2.75) is 39.8 Å². The topological polar surface area (TPSA) is 67.6 Å². The molecule has 146 valence electrons. The highest BCUT2D eigenvalue weighted by Crippen LogP contribution is 2.23. The van der Waals surface area contributed by atoms with Gasteiger partial charge in [-0.05, 0) is 49.8 Å². The average Bonchev–Trinajstić information content (AvgIpc) is 3.29. The fourth-order valence-electron chi connectivity index (χ4n) is 3.64. The number of aryl methyl sites for hydroxylation is 1. The minimum Gasteiger partial charge on any atom is -0.392 e. The van der Waals surface area contributed by atoms with Crippen molar-refractivity contribution in [1.82, 2.24) is 14.7 Å². The van der Waals surface area contributed by atoms with E-state index in [2.05, 4.69) is 17.2 Å². The van der Waals surface area contributed by atoms with Crippen molar-refractivity contribution in [2.75, 3.05) is 26.3 Å². The fraction of sp³-hybridized carbons (Fsp3) is 0.524. The number of aliphatic hydroxyl groups excluding tert-OH is 1. The zero-order chi connectivity index (χ0) is 19.2. The first-order valence-electron chi connectivity index (χ1n) is 9.70. The SMILES string of the molecule is CCOCCn1nc(C)cc1C(=O)N1CC[C@H](Cc2ccc(CO)cc2)C1. The standard InChI is InChI=1S/C21H29N3O3/c1-3-27-11-10-24-20(12-16(2)22-24)21(26)23-9-8-19(14-23)13-17-4-6-18(15-25)7-5-17/h4-7,12,19,25H,3,8-11,13-15H2,1-2H3/t19-/m1/s1. The van der Waals surface area contributed by atoms with Crippen molar-refractivity contribution in [3.05, 3.63) is 52.8 Å². The zero-order valence-corrected chi connectivity index (χ0v) is 16.2. The minimum absolute atomic E-state index is 0.0604. The number of rotatable bonds is 8. The summed E-state index contributed by atoms with van der Waals surface area (Å²) in [6.07, 6.45) is 1.97. The third-order valence-electron chi connectivity index (χ3n) is 5.08. The molecule has 0 radical (unpaired) electrons. The number of benzene rings is 1. The van der Waals surface area contributed by atoms with Crippen LogP contribution in [0.5, 0.6) is 0 Å². The number of hydrogen-bond donors (Lipinski definition) is 1. The molecule has 27 heavy (non-hydrogen) atoms. The predicted molar refractivity (Wildman–Crippen MR) is 104 cm³/mol. The lowest BCUT2D eigenvalue weighted by atomic mass is 9.98. The lowest BCUT2D eigenvalue weighted by Crippen LogP contribution is -2.31. The van der Waals surface area contributed by atoms with Gasteiger partial charge in [-0.15, -0.1) is 0 Å². The van der Waals surface area contributed by atoms with Crippen LogP contribution in [0.4, 0.5) is 0 Å². The Morgan fingerprint density at radius 3 is 2.74 bits per heavy atom. The molecule has 6 nitrogen and oxygen atoms in total. The highest BCUT2D eigenvalue weighted by molar-refractivity contribution is 5.92. The highest BCUT2D eigenvalue weighted by atomic mass is 16.5. The van der Waals surface area contributed by atoms with Gasteiger partial charge in [-0.25, -0.2) is 0 Å². The summed E-state index contributed by atoms with van der Waals surface area (Å²) in [6, 6.07) is 9.94. The zero-order valence-electron chi connectivity index (χ0n) is 16.2. The van der Waals surface area contributed by atoms with Gasteiger partial charge >= 0.3 is 0 Å². The lowest BCUT2D eigenvalue weighted by molar-refractivity contribution is 0.0769. The smallest absolute Gasteiger partial charge is 0.272 e. The van der Waals surface area contributed by atoms with Crippen molar-refractivity contribution in [3.8, 4) is 0 Å². The van der Waals surface area contributed by atoms with Gasteiger partial charge in [-0.3, -0.25) is 9.48 Å². The third kappa shape index (κ3) is 4.96. The van der Waals surface area contributed by atoms with Crippen molar-refractivity contribution in [1.29, 1.82) is 0 Å². The van der Waals surface area contributed by atoms with Crippen LogP contribution < -0.4 is 0 Å². The Morgan fingerprint density at radius 2 is 2.04 bits per heavy atom. The summed E-state index contributed by atoms with van der Waals surface area (Å²) >= 11 is 0. The molecule has 0 aliphatic carbocycles. The molecule has 2 aromatic rings. The van der Waals surface area contributed by atoms with Crippen LogP contribution >= 0.6 is 0 Å². The molecule has 1 aromatic carbocycles. The van der Waals surface area contributed by atoms with Gasteiger partial charge in [0.25, 0.3) is 5.91 Å². The Labute approximate surface area is 160 Å². The normalized spacial score (nSPS) is 16.9. The second kappa shape index (κ2) is 9.15. The van der Waals surface area contributed by atoms with Crippen LogP contribution in [0.25, 0.3) is 0 Å². The molecule has 1 aliphatic heterocycles. The van der Waals surface area contributed by atoms with E-state index in [0.717, 1.165) is 37.2 Å². The van der Waals surface area contributed by atoms with Gasteiger partial charge < -0.3 is 14.7 Å². The molecule has 1 saturated heterocycles. The Balaban J connectivity index is 1.60.